The minimum atomic E-state index is -1.29. The van der Waals surface area contributed by atoms with Crippen molar-refractivity contribution >= 4 is 11.9 Å². The van der Waals surface area contributed by atoms with Crippen molar-refractivity contribution in [3.05, 3.63) is 23.3 Å². The largest absolute Gasteiger partial charge is 0.447 e. The second kappa shape index (κ2) is 9.07. The van der Waals surface area contributed by atoms with Crippen molar-refractivity contribution in [1.29, 1.82) is 0 Å². The lowest BCUT2D eigenvalue weighted by atomic mass is 9.63. The average molecular weight is 476 g/mol. The van der Waals surface area contributed by atoms with Gasteiger partial charge in [-0.2, -0.15) is 0 Å². The molecular formula is C27H41NO6. The summed E-state index contributed by atoms with van der Waals surface area (Å²) < 4.78 is 18.3. The summed E-state index contributed by atoms with van der Waals surface area (Å²) in [6, 6.07) is -0.0670. The van der Waals surface area contributed by atoms with Crippen LogP contribution in [0.5, 0.6) is 0 Å². The maximum Gasteiger partial charge on any atom is 0.309 e. The fraction of sp³-hybridized carbons (Fsp3) is 0.778. The Morgan fingerprint density at radius 1 is 1.18 bits per heavy atom. The number of amides is 1. The van der Waals surface area contributed by atoms with E-state index in [-0.39, 0.29) is 36.1 Å². The minimum absolute atomic E-state index is 0.0670. The van der Waals surface area contributed by atoms with Crippen LogP contribution in [-0.4, -0.2) is 52.7 Å². The van der Waals surface area contributed by atoms with Crippen LogP contribution < -0.4 is 5.32 Å². The molecule has 1 spiro atoms. The molecule has 3 heterocycles. The maximum absolute atomic E-state index is 13.7. The number of aliphatic hydroxyl groups excluding tert-OH is 1. The number of fused-ring (bicyclic) bond motifs is 1. The smallest absolute Gasteiger partial charge is 0.309 e. The van der Waals surface area contributed by atoms with Gasteiger partial charge in [-0.15, -0.1) is 0 Å². The van der Waals surface area contributed by atoms with Gasteiger partial charge in [0.15, 0.2) is 5.79 Å². The van der Waals surface area contributed by atoms with Gasteiger partial charge in [-0.25, -0.2) is 0 Å². The Hall–Kier alpha value is -1.70. The number of allylic oxidation sites excluding steroid dienone is 2. The Balaban J connectivity index is 1.78. The van der Waals surface area contributed by atoms with Gasteiger partial charge < -0.3 is 24.6 Å². The quantitative estimate of drug-likeness (QED) is 0.468. The van der Waals surface area contributed by atoms with Crippen molar-refractivity contribution in [3.63, 3.8) is 0 Å². The number of nitrogens with one attached hydrogen (secondary N) is 1. The van der Waals surface area contributed by atoms with Crippen molar-refractivity contribution in [2.75, 3.05) is 0 Å². The summed E-state index contributed by atoms with van der Waals surface area (Å²) in [5, 5.41) is 14.1. The zero-order valence-corrected chi connectivity index (χ0v) is 21.6. The third kappa shape index (κ3) is 4.47. The standard InChI is InChI=1S/C27H41NO6/c1-14(2)10-19-23-17(5)16(4)12-18-11-15(3)8-9-20(29)24-21(32-26(6,7)34-24)13-22(30)33-27(18,23)25(31)28-19/h11-12,14,17-21,23-24,29H,8-10,13H2,1-7H3,(H,28,31)/b15-11-/t17-,18+,19-,20-,21-,23+,24-,27-/m0/s1. The highest BCUT2D eigenvalue weighted by molar-refractivity contribution is 5.92. The molecule has 7 nitrogen and oxygen atoms in total. The van der Waals surface area contributed by atoms with Crippen LogP contribution in [0.3, 0.4) is 0 Å². The monoisotopic (exact) mass is 475 g/mol. The van der Waals surface area contributed by atoms with E-state index in [1.54, 1.807) is 13.8 Å². The number of ether oxygens (including phenoxy) is 3. The van der Waals surface area contributed by atoms with Crippen molar-refractivity contribution in [3.8, 4) is 0 Å². The van der Waals surface area contributed by atoms with Gasteiger partial charge in [0.1, 0.15) is 12.2 Å². The summed E-state index contributed by atoms with van der Waals surface area (Å²) in [4.78, 5) is 27.2. The van der Waals surface area contributed by atoms with Crippen LogP contribution in [0.1, 0.15) is 74.1 Å². The lowest BCUT2D eigenvalue weighted by Gasteiger charge is -2.45. The summed E-state index contributed by atoms with van der Waals surface area (Å²) in [5.41, 5.74) is 0.962. The third-order valence-electron chi connectivity index (χ3n) is 8.07. The van der Waals surface area contributed by atoms with E-state index in [1.807, 2.05) is 6.92 Å². The second-order valence-electron chi connectivity index (χ2n) is 11.7. The topological polar surface area (TPSA) is 94.1 Å². The molecule has 0 bridgehead atoms. The van der Waals surface area contributed by atoms with Gasteiger partial charge in [0, 0.05) is 17.9 Å². The Labute approximate surface area is 203 Å². The molecule has 8 atom stereocenters. The van der Waals surface area contributed by atoms with Gasteiger partial charge in [0.05, 0.1) is 12.5 Å². The van der Waals surface area contributed by atoms with E-state index in [0.29, 0.717) is 18.8 Å². The summed E-state index contributed by atoms with van der Waals surface area (Å²) in [6.07, 6.45) is 4.02. The molecule has 2 fully saturated rings. The van der Waals surface area contributed by atoms with E-state index in [4.69, 9.17) is 14.2 Å². The molecule has 0 aromatic rings. The van der Waals surface area contributed by atoms with E-state index >= 15 is 0 Å². The summed E-state index contributed by atoms with van der Waals surface area (Å²) in [6.45, 7) is 14.1. The number of esters is 1. The summed E-state index contributed by atoms with van der Waals surface area (Å²) in [5.74, 6) is -1.65. The molecule has 3 aliphatic heterocycles. The van der Waals surface area contributed by atoms with Crippen LogP contribution >= 0.6 is 0 Å². The van der Waals surface area contributed by atoms with Crippen LogP contribution in [0.4, 0.5) is 0 Å². The van der Waals surface area contributed by atoms with Gasteiger partial charge in [0.2, 0.25) is 5.60 Å². The van der Waals surface area contributed by atoms with Crippen molar-refractivity contribution in [2.24, 2.45) is 23.7 Å². The fourth-order valence-electron chi connectivity index (χ4n) is 6.50. The maximum atomic E-state index is 13.7. The fourth-order valence-corrected chi connectivity index (χ4v) is 6.50. The zero-order chi connectivity index (χ0) is 25.0. The van der Waals surface area contributed by atoms with Gasteiger partial charge in [0.25, 0.3) is 5.91 Å². The normalized spacial score (nSPS) is 43.9. The average Bonchev–Trinajstić information content (AvgIpc) is 3.16. The second-order valence-corrected chi connectivity index (χ2v) is 11.7. The third-order valence-corrected chi connectivity index (χ3v) is 8.07. The molecule has 4 rings (SSSR count). The summed E-state index contributed by atoms with van der Waals surface area (Å²) >= 11 is 0. The van der Waals surface area contributed by atoms with Crippen LogP contribution in [-0.2, 0) is 23.8 Å². The number of hydrogen-bond donors (Lipinski definition) is 2. The molecule has 4 aliphatic rings. The number of carbonyl (C=O) groups excluding carboxylic acids is 2. The summed E-state index contributed by atoms with van der Waals surface area (Å²) in [7, 11) is 0. The predicted octanol–water partition coefficient (Wildman–Crippen LogP) is 3.65. The number of carbonyl (C=O) groups is 2. The lowest BCUT2D eigenvalue weighted by Crippen LogP contribution is -2.56. The molecule has 0 unspecified atom stereocenters. The Bertz CT molecular complexity index is 892. The van der Waals surface area contributed by atoms with Gasteiger partial charge in [-0.3, -0.25) is 9.59 Å². The Morgan fingerprint density at radius 2 is 1.88 bits per heavy atom. The van der Waals surface area contributed by atoms with E-state index in [1.165, 1.54) is 5.57 Å². The Kier molecular flexibility index (Phi) is 6.77. The zero-order valence-electron chi connectivity index (χ0n) is 21.6. The van der Waals surface area contributed by atoms with Gasteiger partial charge in [-0.1, -0.05) is 44.1 Å². The molecule has 0 saturated carbocycles. The highest BCUT2D eigenvalue weighted by Crippen LogP contribution is 2.51. The first kappa shape index (κ1) is 25.4. The van der Waals surface area contributed by atoms with Crippen molar-refractivity contribution in [1.82, 2.24) is 5.32 Å². The molecule has 190 valence electrons. The molecule has 7 heteroatoms. The predicted molar refractivity (Wildman–Crippen MR) is 128 cm³/mol. The van der Waals surface area contributed by atoms with Crippen LogP contribution in [0.15, 0.2) is 23.3 Å². The molecule has 34 heavy (non-hydrogen) atoms. The van der Waals surface area contributed by atoms with Crippen molar-refractivity contribution in [2.45, 2.75) is 110 Å². The minimum Gasteiger partial charge on any atom is -0.447 e. The molecule has 2 saturated heterocycles. The van der Waals surface area contributed by atoms with E-state index in [9.17, 15) is 14.7 Å². The molecule has 1 amide bonds. The van der Waals surface area contributed by atoms with E-state index < -0.39 is 35.7 Å². The Morgan fingerprint density at radius 3 is 2.56 bits per heavy atom. The molecular weight excluding hydrogens is 434 g/mol. The van der Waals surface area contributed by atoms with Crippen LogP contribution in [0.25, 0.3) is 0 Å². The molecule has 0 radical (unpaired) electrons. The number of rotatable bonds is 2. The van der Waals surface area contributed by atoms with Crippen molar-refractivity contribution < 1.29 is 28.9 Å². The van der Waals surface area contributed by atoms with Crippen LogP contribution in [0.2, 0.25) is 0 Å². The lowest BCUT2D eigenvalue weighted by molar-refractivity contribution is -0.180. The highest BCUT2D eigenvalue weighted by atomic mass is 16.8. The van der Waals surface area contributed by atoms with E-state index in [2.05, 4.69) is 45.2 Å². The van der Waals surface area contributed by atoms with Gasteiger partial charge >= 0.3 is 5.97 Å². The number of aliphatic hydroxyl groups is 1. The molecule has 0 aromatic heterocycles. The van der Waals surface area contributed by atoms with Gasteiger partial charge in [-0.05, 0) is 58.8 Å². The molecule has 0 aromatic carbocycles. The molecule has 1 aliphatic carbocycles. The van der Waals surface area contributed by atoms with E-state index in [0.717, 1.165) is 12.0 Å². The number of hydrogen-bond acceptors (Lipinski definition) is 6. The first-order valence-corrected chi connectivity index (χ1v) is 12.8. The SMILES string of the molecule is CC1=C[C@H]2/C=C(/C)CC[C@H](O)[C@@H]3OC(C)(C)O[C@H]3CC(=O)O[C@@]23C(=O)N[C@@H](CC(C)C)[C@H]3[C@H]1C. The van der Waals surface area contributed by atoms with Crippen LogP contribution in [0, 0.1) is 23.7 Å². The first-order valence-electron chi connectivity index (χ1n) is 12.8. The molecule has 2 N–H and O–H groups in total. The first-order chi connectivity index (χ1) is 15.8. The highest BCUT2D eigenvalue weighted by Gasteiger charge is 2.64.